The number of rotatable bonds is 4. The molecule has 1 saturated carbocycles. The van der Waals surface area contributed by atoms with Gasteiger partial charge in [0.15, 0.2) is 0 Å². The lowest BCUT2D eigenvalue weighted by Gasteiger charge is -2.26. The van der Waals surface area contributed by atoms with E-state index in [0.29, 0.717) is 37.9 Å². The highest BCUT2D eigenvalue weighted by Crippen LogP contribution is 2.38. The fourth-order valence-electron chi connectivity index (χ4n) is 2.59. The first-order valence-corrected chi connectivity index (χ1v) is 8.91. The molecule has 1 saturated heterocycles. The molecule has 1 aliphatic heterocycles. The van der Waals surface area contributed by atoms with Crippen LogP contribution in [0.2, 0.25) is 0 Å². The number of nitrogens with zero attached hydrogens (tertiary/aromatic N) is 1. The second-order valence-electron chi connectivity index (χ2n) is 5.85. The number of nitrogens with one attached hydrogen (secondary N) is 1. The van der Waals surface area contributed by atoms with Crippen LogP contribution in [0.1, 0.15) is 13.3 Å². The standard InChI is InChI=1S/C15H20N2O4S/c1-11-9-14(11)15(18)16-12-3-2-4-13(10-12)22(19,20)17-5-7-21-8-6-17/h2-4,10-11,14H,5-9H2,1H3,(H,16,18). The minimum absolute atomic E-state index is 0.0339. The van der Waals surface area contributed by atoms with E-state index in [2.05, 4.69) is 5.32 Å². The van der Waals surface area contributed by atoms with Crippen molar-refractivity contribution in [2.24, 2.45) is 11.8 Å². The fraction of sp³-hybridized carbons (Fsp3) is 0.533. The largest absolute Gasteiger partial charge is 0.379 e. The number of anilines is 1. The summed E-state index contributed by atoms with van der Waals surface area (Å²) in [4.78, 5) is 12.2. The molecular weight excluding hydrogens is 304 g/mol. The number of ether oxygens (including phenoxy) is 1. The van der Waals surface area contributed by atoms with Crippen LogP contribution in [0, 0.1) is 11.8 Å². The maximum Gasteiger partial charge on any atom is 0.243 e. The van der Waals surface area contributed by atoms with Crippen LogP contribution in [0.4, 0.5) is 5.69 Å². The van der Waals surface area contributed by atoms with Gasteiger partial charge in [0, 0.05) is 24.7 Å². The predicted molar refractivity (Wildman–Crippen MR) is 81.9 cm³/mol. The Bertz CT molecular complexity index is 668. The van der Waals surface area contributed by atoms with Crippen LogP contribution in [0.15, 0.2) is 29.2 Å². The summed E-state index contributed by atoms with van der Waals surface area (Å²) in [6, 6.07) is 6.44. The van der Waals surface area contributed by atoms with Gasteiger partial charge in [-0.05, 0) is 30.5 Å². The summed E-state index contributed by atoms with van der Waals surface area (Å²) in [6.07, 6.45) is 0.900. The molecule has 1 N–H and O–H groups in total. The lowest BCUT2D eigenvalue weighted by atomic mass is 10.3. The lowest BCUT2D eigenvalue weighted by Crippen LogP contribution is -2.40. The highest BCUT2D eigenvalue weighted by molar-refractivity contribution is 7.89. The molecule has 1 aliphatic carbocycles. The maximum absolute atomic E-state index is 12.6. The van der Waals surface area contributed by atoms with Crippen LogP contribution < -0.4 is 5.32 Å². The molecule has 120 valence electrons. The Morgan fingerprint density at radius 3 is 2.64 bits per heavy atom. The molecular formula is C15H20N2O4S. The Hall–Kier alpha value is -1.44. The first kappa shape index (κ1) is 15.5. The summed E-state index contributed by atoms with van der Waals surface area (Å²) in [6.45, 7) is 3.57. The average Bonchev–Trinajstić information content (AvgIpc) is 3.25. The number of benzene rings is 1. The third kappa shape index (κ3) is 3.16. The maximum atomic E-state index is 12.6. The summed E-state index contributed by atoms with van der Waals surface area (Å²) in [5.41, 5.74) is 0.526. The molecule has 0 aromatic heterocycles. The molecule has 1 heterocycles. The third-order valence-electron chi connectivity index (χ3n) is 4.16. The number of morpholine rings is 1. The van der Waals surface area contributed by atoms with Gasteiger partial charge in [-0.1, -0.05) is 13.0 Å². The minimum atomic E-state index is -3.53. The number of amides is 1. The van der Waals surface area contributed by atoms with Gasteiger partial charge in [-0.15, -0.1) is 0 Å². The van der Waals surface area contributed by atoms with Crippen LogP contribution in [0.5, 0.6) is 0 Å². The number of hydrogen-bond donors (Lipinski definition) is 1. The van der Waals surface area contributed by atoms with Gasteiger partial charge in [-0.2, -0.15) is 4.31 Å². The van der Waals surface area contributed by atoms with E-state index < -0.39 is 10.0 Å². The van der Waals surface area contributed by atoms with Crippen LogP contribution in [-0.4, -0.2) is 44.9 Å². The summed E-state index contributed by atoms with van der Waals surface area (Å²) >= 11 is 0. The molecule has 1 aromatic rings. The fourth-order valence-corrected chi connectivity index (χ4v) is 4.05. The molecule has 2 unspecified atom stereocenters. The highest BCUT2D eigenvalue weighted by atomic mass is 32.2. The van der Waals surface area contributed by atoms with Gasteiger partial charge in [0.05, 0.1) is 18.1 Å². The molecule has 2 atom stereocenters. The Morgan fingerprint density at radius 1 is 1.32 bits per heavy atom. The summed E-state index contributed by atoms with van der Waals surface area (Å²) in [7, 11) is -3.53. The predicted octanol–water partition coefficient (Wildman–Crippen LogP) is 1.30. The van der Waals surface area contributed by atoms with Crippen molar-refractivity contribution >= 4 is 21.6 Å². The Kier molecular flexibility index (Phi) is 4.20. The smallest absolute Gasteiger partial charge is 0.243 e. The highest BCUT2D eigenvalue weighted by Gasteiger charge is 2.39. The quantitative estimate of drug-likeness (QED) is 0.906. The average molecular weight is 324 g/mol. The normalized spacial score (nSPS) is 25.7. The van der Waals surface area contributed by atoms with E-state index in [1.54, 1.807) is 18.2 Å². The van der Waals surface area contributed by atoms with Crippen molar-refractivity contribution in [3.8, 4) is 0 Å². The van der Waals surface area contributed by atoms with Crippen molar-refractivity contribution in [3.05, 3.63) is 24.3 Å². The van der Waals surface area contributed by atoms with E-state index in [1.165, 1.54) is 10.4 Å². The molecule has 1 aromatic carbocycles. The van der Waals surface area contributed by atoms with Crippen LogP contribution in [0.25, 0.3) is 0 Å². The zero-order chi connectivity index (χ0) is 15.7. The molecule has 6 nitrogen and oxygen atoms in total. The van der Waals surface area contributed by atoms with Gasteiger partial charge < -0.3 is 10.1 Å². The van der Waals surface area contributed by atoms with Gasteiger partial charge >= 0.3 is 0 Å². The van der Waals surface area contributed by atoms with E-state index in [-0.39, 0.29) is 16.7 Å². The van der Waals surface area contributed by atoms with E-state index in [1.807, 2.05) is 6.92 Å². The molecule has 22 heavy (non-hydrogen) atoms. The molecule has 0 spiro atoms. The van der Waals surface area contributed by atoms with E-state index in [4.69, 9.17) is 4.74 Å². The van der Waals surface area contributed by atoms with Gasteiger partial charge in [0.25, 0.3) is 0 Å². The molecule has 0 radical (unpaired) electrons. The second-order valence-corrected chi connectivity index (χ2v) is 7.79. The first-order chi connectivity index (χ1) is 10.5. The number of carbonyl (C=O) groups excluding carboxylic acids is 1. The summed E-state index contributed by atoms with van der Waals surface area (Å²) in [5, 5.41) is 2.80. The number of sulfonamides is 1. The second kappa shape index (κ2) is 5.98. The Morgan fingerprint density at radius 2 is 2.00 bits per heavy atom. The van der Waals surface area contributed by atoms with Gasteiger partial charge in [0.1, 0.15) is 0 Å². The van der Waals surface area contributed by atoms with Crippen LogP contribution >= 0.6 is 0 Å². The van der Waals surface area contributed by atoms with E-state index >= 15 is 0 Å². The molecule has 7 heteroatoms. The van der Waals surface area contributed by atoms with E-state index in [9.17, 15) is 13.2 Å². The zero-order valence-electron chi connectivity index (χ0n) is 12.5. The van der Waals surface area contributed by atoms with Crippen molar-refractivity contribution in [1.29, 1.82) is 0 Å². The topological polar surface area (TPSA) is 75.7 Å². The molecule has 3 rings (SSSR count). The van der Waals surface area contributed by atoms with Crippen molar-refractivity contribution in [2.75, 3.05) is 31.6 Å². The SMILES string of the molecule is CC1CC1C(=O)Nc1cccc(S(=O)(=O)N2CCOCC2)c1. The number of carbonyl (C=O) groups is 1. The number of hydrogen-bond acceptors (Lipinski definition) is 4. The lowest BCUT2D eigenvalue weighted by molar-refractivity contribution is -0.117. The van der Waals surface area contributed by atoms with Crippen molar-refractivity contribution in [1.82, 2.24) is 4.31 Å². The van der Waals surface area contributed by atoms with Gasteiger partial charge in [0.2, 0.25) is 15.9 Å². The van der Waals surface area contributed by atoms with Crippen molar-refractivity contribution in [3.63, 3.8) is 0 Å². The van der Waals surface area contributed by atoms with E-state index in [0.717, 1.165) is 6.42 Å². The third-order valence-corrected chi connectivity index (χ3v) is 6.05. The van der Waals surface area contributed by atoms with Crippen LogP contribution in [0.3, 0.4) is 0 Å². The molecule has 1 amide bonds. The summed E-state index contributed by atoms with van der Waals surface area (Å²) in [5.74, 6) is 0.438. The molecule has 2 aliphatic rings. The van der Waals surface area contributed by atoms with Crippen LogP contribution in [-0.2, 0) is 19.6 Å². The van der Waals surface area contributed by atoms with Gasteiger partial charge in [-0.25, -0.2) is 8.42 Å². The first-order valence-electron chi connectivity index (χ1n) is 7.47. The monoisotopic (exact) mass is 324 g/mol. The van der Waals surface area contributed by atoms with Gasteiger partial charge in [-0.3, -0.25) is 4.79 Å². The minimum Gasteiger partial charge on any atom is -0.379 e. The Labute approximate surface area is 130 Å². The molecule has 2 fully saturated rings. The molecule has 0 bridgehead atoms. The Balaban J connectivity index is 1.76. The summed E-state index contributed by atoms with van der Waals surface area (Å²) < 4.78 is 31.8. The van der Waals surface area contributed by atoms with Crippen molar-refractivity contribution < 1.29 is 17.9 Å². The van der Waals surface area contributed by atoms with Crippen molar-refractivity contribution in [2.45, 2.75) is 18.2 Å². The zero-order valence-corrected chi connectivity index (χ0v) is 13.3.